The van der Waals surface area contributed by atoms with E-state index >= 15 is 0 Å². The Hall–Kier alpha value is -1.22. The summed E-state index contributed by atoms with van der Waals surface area (Å²) in [4.78, 5) is 0. The first kappa shape index (κ1) is 14.2. The maximum absolute atomic E-state index is 5.90. The van der Waals surface area contributed by atoms with Crippen LogP contribution >= 0.6 is 0 Å². The fourth-order valence-electron chi connectivity index (χ4n) is 2.45. The number of hydrogen-bond acceptors (Lipinski definition) is 3. The first-order chi connectivity index (χ1) is 9.24. The van der Waals surface area contributed by atoms with E-state index in [0.29, 0.717) is 6.04 Å². The lowest BCUT2D eigenvalue weighted by Crippen LogP contribution is -2.22. The van der Waals surface area contributed by atoms with Crippen molar-refractivity contribution in [3.8, 4) is 11.5 Å². The highest BCUT2D eigenvalue weighted by molar-refractivity contribution is 5.45. The molecule has 0 radical (unpaired) electrons. The van der Waals surface area contributed by atoms with E-state index < -0.39 is 0 Å². The molecule has 3 heteroatoms. The molecule has 19 heavy (non-hydrogen) atoms. The maximum Gasteiger partial charge on any atom is 0.128 e. The van der Waals surface area contributed by atoms with Gasteiger partial charge in [-0.2, -0.15) is 0 Å². The second-order valence-corrected chi connectivity index (χ2v) is 5.23. The molecule has 0 fully saturated rings. The van der Waals surface area contributed by atoms with E-state index in [1.165, 1.54) is 5.56 Å². The molecule has 1 heterocycles. The number of nitrogens with one attached hydrogen (secondary N) is 1. The molecule has 106 valence electrons. The lowest BCUT2D eigenvalue weighted by Gasteiger charge is -2.15. The van der Waals surface area contributed by atoms with Crippen LogP contribution in [0.2, 0.25) is 0 Å². The molecule has 0 spiro atoms. The third-order valence-electron chi connectivity index (χ3n) is 3.44. The van der Waals surface area contributed by atoms with Crippen molar-refractivity contribution in [3.63, 3.8) is 0 Å². The quantitative estimate of drug-likeness (QED) is 0.814. The monoisotopic (exact) mass is 263 g/mol. The second kappa shape index (κ2) is 6.80. The molecule has 0 amide bonds. The van der Waals surface area contributed by atoms with Crippen molar-refractivity contribution in [1.82, 2.24) is 5.32 Å². The van der Waals surface area contributed by atoms with E-state index in [9.17, 15) is 0 Å². The Labute approximate surface area is 116 Å². The van der Waals surface area contributed by atoms with Crippen LogP contribution in [-0.4, -0.2) is 19.3 Å². The lowest BCUT2D eigenvalue weighted by atomic mass is 10.1. The summed E-state index contributed by atoms with van der Waals surface area (Å²) in [6.45, 7) is 8.22. The minimum Gasteiger partial charge on any atom is -0.491 e. The minimum atomic E-state index is 0.262. The molecule has 2 unspecified atom stereocenters. The molecular formula is C16H25NO2. The van der Waals surface area contributed by atoms with Gasteiger partial charge in [0.15, 0.2) is 0 Å². The molecule has 0 bridgehead atoms. The van der Waals surface area contributed by atoms with Gasteiger partial charge in [-0.1, -0.05) is 20.3 Å². The summed E-state index contributed by atoms with van der Waals surface area (Å²) in [5, 5.41) is 3.50. The van der Waals surface area contributed by atoms with Crippen molar-refractivity contribution in [1.29, 1.82) is 0 Å². The summed E-state index contributed by atoms with van der Waals surface area (Å²) in [7, 11) is 0. The van der Waals surface area contributed by atoms with Crippen molar-refractivity contribution >= 4 is 0 Å². The van der Waals surface area contributed by atoms with Gasteiger partial charge in [-0.15, -0.1) is 0 Å². The smallest absolute Gasteiger partial charge is 0.128 e. The minimum absolute atomic E-state index is 0.262. The zero-order valence-electron chi connectivity index (χ0n) is 12.2. The molecule has 3 nitrogen and oxygen atoms in total. The van der Waals surface area contributed by atoms with Gasteiger partial charge in [-0.25, -0.2) is 0 Å². The number of ether oxygens (including phenoxy) is 2. The van der Waals surface area contributed by atoms with Gasteiger partial charge >= 0.3 is 0 Å². The molecule has 1 aliphatic rings. The van der Waals surface area contributed by atoms with E-state index in [-0.39, 0.29) is 6.10 Å². The summed E-state index contributed by atoms with van der Waals surface area (Å²) >= 11 is 0. The average molecular weight is 263 g/mol. The van der Waals surface area contributed by atoms with Crippen LogP contribution in [0.3, 0.4) is 0 Å². The maximum atomic E-state index is 5.90. The van der Waals surface area contributed by atoms with Gasteiger partial charge in [0, 0.05) is 11.6 Å². The van der Waals surface area contributed by atoms with Crippen LogP contribution < -0.4 is 14.8 Å². The number of fused-ring (bicyclic) bond motifs is 1. The van der Waals surface area contributed by atoms with Gasteiger partial charge in [0.05, 0.1) is 12.1 Å². The van der Waals surface area contributed by atoms with Crippen LogP contribution in [0.25, 0.3) is 0 Å². The Morgan fingerprint density at radius 2 is 2.21 bits per heavy atom. The van der Waals surface area contributed by atoms with Gasteiger partial charge in [-0.3, -0.25) is 0 Å². The van der Waals surface area contributed by atoms with Crippen LogP contribution in [0.5, 0.6) is 11.5 Å². The molecule has 2 atom stereocenters. The Balaban J connectivity index is 2.00. The highest BCUT2D eigenvalue weighted by Crippen LogP contribution is 2.35. The summed E-state index contributed by atoms with van der Waals surface area (Å²) in [5.41, 5.74) is 1.25. The van der Waals surface area contributed by atoms with E-state index in [1.54, 1.807) is 0 Å². The Morgan fingerprint density at radius 3 is 2.95 bits per heavy atom. The van der Waals surface area contributed by atoms with Gasteiger partial charge in [-0.05, 0) is 38.4 Å². The zero-order chi connectivity index (χ0) is 13.7. The summed E-state index contributed by atoms with van der Waals surface area (Å²) in [5.74, 6) is 1.88. The van der Waals surface area contributed by atoms with Crippen molar-refractivity contribution in [3.05, 3.63) is 23.8 Å². The number of hydrogen-bond donors (Lipinski definition) is 1. The predicted molar refractivity (Wildman–Crippen MR) is 78.0 cm³/mol. The largest absolute Gasteiger partial charge is 0.491 e. The molecule has 0 saturated heterocycles. The van der Waals surface area contributed by atoms with E-state index in [1.807, 2.05) is 6.07 Å². The van der Waals surface area contributed by atoms with Crippen LogP contribution in [0, 0.1) is 0 Å². The van der Waals surface area contributed by atoms with Crippen LogP contribution in [-0.2, 0) is 0 Å². The third-order valence-corrected chi connectivity index (χ3v) is 3.44. The van der Waals surface area contributed by atoms with Crippen molar-refractivity contribution in [2.45, 2.75) is 52.2 Å². The predicted octanol–water partition coefficient (Wildman–Crippen LogP) is 3.69. The molecule has 1 aromatic carbocycles. The summed E-state index contributed by atoms with van der Waals surface area (Å²) in [6, 6.07) is 6.54. The molecule has 0 aromatic heterocycles. The Morgan fingerprint density at radius 1 is 1.37 bits per heavy atom. The highest BCUT2D eigenvalue weighted by Gasteiger charge is 2.23. The van der Waals surface area contributed by atoms with Gasteiger partial charge in [0.1, 0.15) is 18.1 Å². The Kier molecular flexibility index (Phi) is 5.08. The van der Waals surface area contributed by atoms with Crippen molar-refractivity contribution in [2.24, 2.45) is 0 Å². The average Bonchev–Trinajstić information content (AvgIpc) is 2.79. The van der Waals surface area contributed by atoms with Crippen molar-refractivity contribution in [2.75, 3.05) is 13.2 Å². The van der Waals surface area contributed by atoms with E-state index in [4.69, 9.17) is 9.47 Å². The normalized spacial score (nSPS) is 18.8. The van der Waals surface area contributed by atoms with E-state index in [0.717, 1.165) is 43.9 Å². The molecule has 0 aliphatic carbocycles. The topological polar surface area (TPSA) is 30.5 Å². The van der Waals surface area contributed by atoms with E-state index in [2.05, 4.69) is 38.2 Å². The van der Waals surface area contributed by atoms with Gasteiger partial charge < -0.3 is 14.8 Å². The molecular weight excluding hydrogens is 238 g/mol. The Bertz CT molecular complexity index is 406. The van der Waals surface area contributed by atoms with Gasteiger partial charge in [0.25, 0.3) is 0 Å². The van der Waals surface area contributed by atoms with Gasteiger partial charge in [0.2, 0.25) is 0 Å². The number of benzene rings is 1. The highest BCUT2D eigenvalue weighted by atomic mass is 16.5. The molecule has 1 N–H and O–H groups in total. The zero-order valence-corrected chi connectivity index (χ0v) is 12.2. The summed E-state index contributed by atoms with van der Waals surface area (Å²) in [6.07, 6.45) is 3.63. The first-order valence-corrected chi connectivity index (χ1v) is 7.41. The number of rotatable bonds is 7. The first-order valence-electron chi connectivity index (χ1n) is 7.41. The SMILES string of the molecule is CCCNC1COc2cc(OC(C)CCC)ccc21. The lowest BCUT2D eigenvalue weighted by molar-refractivity contribution is 0.209. The second-order valence-electron chi connectivity index (χ2n) is 5.23. The van der Waals surface area contributed by atoms with Crippen molar-refractivity contribution < 1.29 is 9.47 Å². The van der Waals surface area contributed by atoms with Crippen LogP contribution in [0.15, 0.2) is 18.2 Å². The molecule has 2 rings (SSSR count). The fraction of sp³-hybridized carbons (Fsp3) is 0.625. The summed E-state index contributed by atoms with van der Waals surface area (Å²) < 4.78 is 11.6. The third kappa shape index (κ3) is 3.63. The molecule has 1 aliphatic heterocycles. The molecule has 0 saturated carbocycles. The van der Waals surface area contributed by atoms with Crippen LogP contribution in [0.4, 0.5) is 0 Å². The fourth-order valence-corrected chi connectivity index (χ4v) is 2.45. The van der Waals surface area contributed by atoms with Crippen LogP contribution in [0.1, 0.15) is 51.6 Å². The molecule has 1 aromatic rings. The standard InChI is InChI=1S/C16H25NO2/c1-4-6-12(3)19-13-7-8-14-15(17-9-5-2)11-18-16(14)10-13/h7-8,10,12,15,17H,4-6,9,11H2,1-3H3.